The van der Waals surface area contributed by atoms with Crippen LogP contribution < -0.4 is 11.5 Å². The summed E-state index contributed by atoms with van der Waals surface area (Å²) in [6, 6.07) is 0. The number of aromatic nitrogens is 3. The Hall–Kier alpha value is -1.37. The number of nitrogens with two attached hydrogens (primary N) is 2. The first-order valence-corrected chi connectivity index (χ1v) is 7.80. The summed E-state index contributed by atoms with van der Waals surface area (Å²) in [6.07, 6.45) is -3.20. The van der Waals surface area contributed by atoms with Crippen LogP contribution in [-0.2, 0) is 4.74 Å². The van der Waals surface area contributed by atoms with Gasteiger partial charge in [0, 0.05) is 0 Å². The zero-order chi connectivity index (χ0) is 16.9. The molecule has 1 aliphatic rings. The van der Waals surface area contributed by atoms with Crippen LogP contribution in [0.5, 0.6) is 0 Å². The van der Waals surface area contributed by atoms with E-state index in [2.05, 4.69) is 25.9 Å². The number of aliphatic hydroxyl groups excluding tert-OH is 3. The third-order valence-electron chi connectivity index (χ3n) is 3.77. The van der Waals surface area contributed by atoms with Gasteiger partial charge in [0.1, 0.15) is 41.1 Å². The molecule has 9 nitrogen and oxygen atoms in total. The fourth-order valence-electron chi connectivity index (χ4n) is 2.68. The molecule has 0 radical (unpaired) electrons. The predicted octanol–water partition coefficient (Wildman–Crippen LogP) is -0.978. The maximum atomic E-state index is 10.2. The molecule has 4 atom stereocenters. The molecule has 2 aromatic heterocycles. The molecule has 11 heteroatoms. The molecule has 23 heavy (non-hydrogen) atoms. The Morgan fingerprint density at radius 2 is 2.09 bits per heavy atom. The van der Waals surface area contributed by atoms with E-state index in [-0.39, 0.29) is 10.8 Å². The smallest absolute Gasteiger partial charge is 0.165 e. The largest absolute Gasteiger partial charge is 0.394 e. The minimum atomic E-state index is -1.28. The number of hydrogen-bond acceptors (Lipinski definition) is 8. The molecule has 0 unspecified atom stereocenters. The van der Waals surface area contributed by atoms with E-state index in [9.17, 15) is 15.3 Å². The number of ether oxygens (including phenoxy) is 1. The van der Waals surface area contributed by atoms with Gasteiger partial charge in [-0.05, 0) is 15.9 Å². The van der Waals surface area contributed by atoms with Gasteiger partial charge >= 0.3 is 0 Å². The van der Waals surface area contributed by atoms with Crippen LogP contribution in [-0.4, -0.2) is 59.8 Å². The van der Waals surface area contributed by atoms with Crippen LogP contribution >= 0.6 is 28.1 Å². The van der Waals surface area contributed by atoms with Gasteiger partial charge in [0.2, 0.25) is 0 Å². The molecule has 7 N–H and O–H groups in total. The van der Waals surface area contributed by atoms with Gasteiger partial charge < -0.3 is 31.5 Å². The molecular formula is C12H14BrN5O4S. The molecule has 0 aromatic carbocycles. The number of thiocarbonyl (C=S) groups is 1. The van der Waals surface area contributed by atoms with E-state index in [1.807, 2.05) is 0 Å². The number of nitrogens with zero attached hydrogens (tertiary/aromatic N) is 3. The summed E-state index contributed by atoms with van der Waals surface area (Å²) >= 11 is 8.42. The summed E-state index contributed by atoms with van der Waals surface area (Å²) in [5.41, 5.74) is 12.4. The molecule has 0 bridgehead atoms. The van der Waals surface area contributed by atoms with Crippen LogP contribution in [0.2, 0.25) is 0 Å². The van der Waals surface area contributed by atoms with Gasteiger partial charge in [-0.25, -0.2) is 9.97 Å². The summed E-state index contributed by atoms with van der Waals surface area (Å²) < 4.78 is 7.41. The lowest BCUT2D eigenvalue weighted by Gasteiger charge is -2.18. The van der Waals surface area contributed by atoms with Crippen molar-refractivity contribution in [3.63, 3.8) is 0 Å². The second-order valence-corrected chi connectivity index (χ2v) is 6.28. The van der Waals surface area contributed by atoms with Crippen molar-refractivity contribution >= 4 is 50.0 Å². The maximum Gasteiger partial charge on any atom is 0.165 e. The SMILES string of the molecule is NC(=S)c1c(Br)n([C@@H]2O[C@@H](CO)[C@H](O)[C@H]2O)c2ncnc(N)c12. The lowest BCUT2D eigenvalue weighted by atomic mass is 10.1. The first kappa shape index (κ1) is 16.5. The van der Waals surface area contributed by atoms with E-state index in [1.54, 1.807) is 0 Å². The molecule has 0 amide bonds. The van der Waals surface area contributed by atoms with Crippen molar-refractivity contribution in [3.8, 4) is 0 Å². The monoisotopic (exact) mass is 403 g/mol. The van der Waals surface area contributed by atoms with Gasteiger partial charge in [-0.1, -0.05) is 12.2 Å². The predicted molar refractivity (Wildman–Crippen MR) is 88.5 cm³/mol. The standard InChI is InChI=1S/C12H14BrN5O4S/c13-8-4(10(15)23)5-9(14)16-2-17-11(5)18(8)12-7(21)6(20)3(1-19)22-12/h2-3,6-7,12,19-21H,1H2,(H2,15,23)(H2,14,16,17)/t3-,6-,7+,12+/m0/s1. The fraction of sp³-hybridized carbons (Fsp3) is 0.417. The number of aliphatic hydroxyl groups is 3. The lowest BCUT2D eigenvalue weighted by molar-refractivity contribution is -0.0518. The van der Waals surface area contributed by atoms with E-state index < -0.39 is 31.1 Å². The number of anilines is 1. The minimum absolute atomic E-state index is 0.0638. The molecule has 0 saturated carbocycles. The number of rotatable bonds is 3. The molecule has 0 aliphatic carbocycles. The van der Waals surface area contributed by atoms with Crippen molar-refractivity contribution in [3.05, 3.63) is 16.5 Å². The highest BCUT2D eigenvalue weighted by atomic mass is 79.9. The Morgan fingerprint density at radius 3 is 2.65 bits per heavy atom. The fourth-order valence-corrected chi connectivity index (χ4v) is 3.79. The Morgan fingerprint density at radius 1 is 1.39 bits per heavy atom. The van der Waals surface area contributed by atoms with Gasteiger partial charge in [-0.3, -0.25) is 4.57 Å². The topological polar surface area (TPSA) is 153 Å². The van der Waals surface area contributed by atoms with Crippen molar-refractivity contribution in [2.24, 2.45) is 5.73 Å². The van der Waals surface area contributed by atoms with Crippen LogP contribution in [0.15, 0.2) is 10.9 Å². The van der Waals surface area contributed by atoms with Gasteiger partial charge in [0.25, 0.3) is 0 Å². The normalized spacial score (nSPS) is 27.7. The molecule has 1 aliphatic heterocycles. The summed E-state index contributed by atoms with van der Waals surface area (Å²) in [7, 11) is 0. The van der Waals surface area contributed by atoms with Crippen LogP contribution in [0.3, 0.4) is 0 Å². The Labute approximate surface area is 144 Å². The summed E-state index contributed by atoms with van der Waals surface area (Å²) in [6.45, 7) is -0.440. The summed E-state index contributed by atoms with van der Waals surface area (Å²) in [4.78, 5) is 8.14. The molecule has 3 heterocycles. The average Bonchev–Trinajstić information content (AvgIpc) is 2.95. The second kappa shape index (κ2) is 5.92. The van der Waals surface area contributed by atoms with Gasteiger partial charge in [0.05, 0.1) is 22.2 Å². The zero-order valence-electron chi connectivity index (χ0n) is 11.6. The van der Waals surface area contributed by atoms with Gasteiger partial charge in [0.15, 0.2) is 6.23 Å². The van der Waals surface area contributed by atoms with Gasteiger partial charge in [-0.15, -0.1) is 0 Å². The minimum Gasteiger partial charge on any atom is -0.394 e. The van der Waals surface area contributed by atoms with Crippen molar-refractivity contribution in [1.82, 2.24) is 14.5 Å². The average molecular weight is 404 g/mol. The zero-order valence-corrected chi connectivity index (χ0v) is 14.0. The highest BCUT2D eigenvalue weighted by Gasteiger charge is 2.45. The quantitative estimate of drug-likeness (QED) is 0.407. The Kier molecular flexibility index (Phi) is 4.25. The number of fused-ring (bicyclic) bond motifs is 1. The van der Waals surface area contributed by atoms with E-state index >= 15 is 0 Å². The van der Waals surface area contributed by atoms with Crippen molar-refractivity contribution in [2.75, 3.05) is 12.3 Å². The summed E-state index contributed by atoms with van der Waals surface area (Å²) in [5, 5.41) is 29.9. The van der Waals surface area contributed by atoms with Crippen molar-refractivity contribution < 1.29 is 20.1 Å². The number of nitrogen functional groups attached to an aromatic ring is 1. The lowest BCUT2D eigenvalue weighted by Crippen LogP contribution is -2.33. The number of halogens is 1. The first-order valence-electron chi connectivity index (χ1n) is 6.60. The summed E-state index contributed by atoms with van der Waals surface area (Å²) in [5.74, 6) is 0.170. The van der Waals surface area contributed by atoms with E-state index in [0.717, 1.165) is 0 Å². The first-order chi connectivity index (χ1) is 10.9. The second-order valence-electron chi connectivity index (χ2n) is 5.09. The Bertz CT molecular complexity index is 784. The van der Waals surface area contributed by atoms with Crippen LogP contribution in [0.25, 0.3) is 11.0 Å². The van der Waals surface area contributed by atoms with Crippen LogP contribution in [0.4, 0.5) is 5.82 Å². The third kappa shape index (κ3) is 2.40. The molecule has 1 fully saturated rings. The van der Waals surface area contributed by atoms with Crippen molar-refractivity contribution in [2.45, 2.75) is 24.5 Å². The third-order valence-corrected chi connectivity index (χ3v) is 4.75. The van der Waals surface area contributed by atoms with E-state index in [4.69, 9.17) is 28.4 Å². The maximum absolute atomic E-state index is 10.2. The number of hydrogen-bond donors (Lipinski definition) is 5. The van der Waals surface area contributed by atoms with E-state index in [1.165, 1.54) is 10.9 Å². The highest BCUT2D eigenvalue weighted by Crippen LogP contribution is 2.39. The van der Waals surface area contributed by atoms with E-state index in [0.29, 0.717) is 21.2 Å². The van der Waals surface area contributed by atoms with Crippen molar-refractivity contribution in [1.29, 1.82) is 0 Å². The molecule has 1 saturated heterocycles. The molecular weight excluding hydrogens is 390 g/mol. The Balaban J connectivity index is 2.25. The van der Waals surface area contributed by atoms with Crippen LogP contribution in [0, 0.1) is 0 Å². The molecule has 124 valence electrons. The molecule has 3 rings (SSSR count). The van der Waals surface area contributed by atoms with Gasteiger partial charge in [-0.2, -0.15) is 0 Å². The van der Waals surface area contributed by atoms with Crippen LogP contribution in [0.1, 0.15) is 11.8 Å². The highest BCUT2D eigenvalue weighted by molar-refractivity contribution is 9.10. The molecule has 0 spiro atoms. The molecule has 2 aromatic rings.